The SMILES string of the molecule is O=C(O)C(=O)CN[C@@H](Cc1ccc(O)cc1)C(=O)O. The van der Waals surface area contributed by atoms with Gasteiger partial charge in [-0.05, 0) is 24.1 Å². The largest absolute Gasteiger partial charge is 0.508 e. The Balaban J connectivity index is 2.63. The highest BCUT2D eigenvalue weighted by molar-refractivity contribution is 6.33. The molecule has 7 nitrogen and oxygen atoms in total. The molecule has 0 fully saturated rings. The van der Waals surface area contributed by atoms with Crippen LogP contribution in [-0.4, -0.2) is 45.6 Å². The number of carbonyl (C=O) groups is 3. The first-order valence-corrected chi connectivity index (χ1v) is 5.40. The first-order chi connectivity index (χ1) is 8.90. The Labute approximate surface area is 108 Å². The second-order valence-electron chi connectivity index (χ2n) is 3.87. The predicted molar refractivity (Wildman–Crippen MR) is 63.9 cm³/mol. The Morgan fingerprint density at radius 1 is 1.11 bits per heavy atom. The molecule has 0 aliphatic carbocycles. The number of hydrogen-bond acceptors (Lipinski definition) is 5. The van der Waals surface area contributed by atoms with Crippen molar-refractivity contribution in [1.82, 2.24) is 5.32 Å². The summed E-state index contributed by atoms with van der Waals surface area (Å²) in [7, 11) is 0. The van der Waals surface area contributed by atoms with Crippen LogP contribution in [0.4, 0.5) is 0 Å². The summed E-state index contributed by atoms with van der Waals surface area (Å²) in [5.41, 5.74) is 0.639. The number of hydrogen-bond donors (Lipinski definition) is 4. The highest BCUT2D eigenvalue weighted by atomic mass is 16.4. The minimum Gasteiger partial charge on any atom is -0.508 e. The minimum absolute atomic E-state index is 0.0599. The molecular weight excluding hydrogens is 254 g/mol. The standard InChI is InChI=1S/C12H13NO6/c14-8-3-1-7(2-4-8)5-9(11(16)17)13-6-10(15)12(18)19/h1-4,9,13-14H,5-6H2,(H,16,17)(H,18,19)/t9-/m0/s1. The number of phenolic OH excluding ortho intramolecular Hbond substituents is 1. The van der Waals surface area contributed by atoms with Crippen LogP contribution in [0.15, 0.2) is 24.3 Å². The second kappa shape index (κ2) is 6.50. The van der Waals surface area contributed by atoms with Gasteiger partial charge in [0.2, 0.25) is 0 Å². The number of carbonyl (C=O) groups excluding carboxylic acids is 1. The Morgan fingerprint density at radius 3 is 2.16 bits per heavy atom. The van der Waals surface area contributed by atoms with Crippen molar-refractivity contribution in [2.24, 2.45) is 0 Å². The lowest BCUT2D eigenvalue weighted by Gasteiger charge is -2.13. The molecule has 19 heavy (non-hydrogen) atoms. The van der Waals surface area contributed by atoms with Crippen LogP contribution >= 0.6 is 0 Å². The van der Waals surface area contributed by atoms with Gasteiger partial charge in [-0.2, -0.15) is 0 Å². The number of rotatable bonds is 7. The lowest BCUT2D eigenvalue weighted by atomic mass is 10.1. The van der Waals surface area contributed by atoms with Crippen molar-refractivity contribution in [3.8, 4) is 5.75 Å². The topological polar surface area (TPSA) is 124 Å². The van der Waals surface area contributed by atoms with Crippen LogP contribution in [0.2, 0.25) is 0 Å². The van der Waals surface area contributed by atoms with Crippen molar-refractivity contribution in [1.29, 1.82) is 0 Å². The van der Waals surface area contributed by atoms with E-state index < -0.39 is 30.3 Å². The summed E-state index contributed by atoms with van der Waals surface area (Å²) >= 11 is 0. The quantitative estimate of drug-likeness (QED) is 0.497. The van der Waals surface area contributed by atoms with E-state index in [4.69, 9.17) is 15.3 Å². The van der Waals surface area contributed by atoms with Gasteiger partial charge >= 0.3 is 11.9 Å². The minimum atomic E-state index is -1.61. The van der Waals surface area contributed by atoms with Gasteiger partial charge in [0, 0.05) is 0 Å². The van der Waals surface area contributed by atoms with Crippen LogP contribution in [0.1, 0.15) is 5.56 Å². The van der Waals surface area contributed by atoms with E-state index in [9.17, 15) is 14.4 Å². The number of ketones is 1. The average Bonchev–Trinajstić information content (AvgIpc) is 2.35. The van der Waals surface area contributed by atoms with Crippen molar-refractivity contribution < 1.29 is 29.7 Å². The number of aliphatic carboxylic acids is 2. The van der Waals surface area contributed by atoms with Gasteiger partial charge in [0.25, 0.3) is 5.78 Å². The van der Waals surface area contributed by atoms with E-state index >= 15 is 0 Å². The predicted octanol–water partition coefficient (Wildman–Crippen LogP) is -0.369. The van der Waals surface area contributed by atoms with E-state index in [1.54, 1.807) is 12.1 Å². The van der Waals surface area contributed by atoms with Crippen LogP contribution in [0.25, 0.3) is 0 Å². The maximum Gasteiger partial charge on any atom is 0.373 e. The van der Waals surface area contributed by atoms with Gasteiger partial charge in [0.15, 0.2) is 0 Å². The van der Waals surface area contributed by atoms with Crippen molar-refractivity contribution in [2.75, 3.05) is 6.54 Å². The fourth-order valence-electron chi connectivity index (χ4n) is 1.41. The van der Waals surface area contributed by atoms with Crippen LogP contribution in [0, 0.1) is 0 Å². The fraction of sp³-hybridized carbons (Fsp3) is 0.250. The Hall–Kier alpha value is -2.41. The second-order valence-corrected chi connectivity index (χ2v) is 3.87. The first-order valence-electron chi connectivity index (χ1n) is 5.40. The number of carboxylic acids is 2. The Kier molecular flexibility index (Phi) is 5.01. The maximum atomic E-state index is 11.0. The number of benzene rings is 1. The number of carboxylic acid groups (broad SMARTS) is 2. The van der Waals surface area contributed by atoms with Crippen molar-refractivity contribution >= 4 is 17.7 Å². The molecule has 1 aromatic carbocycles. The van der Waals surface area contributed by atoms with Crippen LogP contribution in [0.5, 0.6) is 5.75 Å². The van der Waals surface area contributed by atoms with Crippen LogP contribution in [-0.2, 0) is 20.8 Å². The monoisotopic (exact) mass is 267 g/mol. The van der Waals surface area contributed by atoms with E-state index in [1.165, 1.54) is 12.1 Å². The van der Waals surface area contributed by atoms with Gasteiger partial charge in [-0.3, -0.25) is 14.9 Å². The van der Waals surface area contributed by atoms with E-state index in [2.05, 4.69) is 5.32 Å². The molecule has 1 rings (SSSR count). The highest BCUT2D eigenvalue weighted by Gasteiger charge is 2.20. The summed E-state index contributed by atoms with van der Waals surface area (Å²) in [4.78, 5) is 32.2. The molecular formula is C12H13NO6. The molecule has 0 amide bonds. The summed E-state index contributed by atoms with van der Waals surface area (Å²) in [6, 6.07) is 4.85. The lowest BCUT2D eigenvalue weighted by Crippen LogP contribution is -2.42. The van der Waals surface area contributed by atoms with Crippen molar-refractivity contribution in [3.05, 3.63) is 29.8 Å². The third-order valence-corrected chi connectivity index (χ3v) is 2.42. The van der Waals surface area contributed by atoms with Crippen LogP contribution < -0.4 is 5.32 Å². The molecule has 0 aromatic heterocycles. The van der Waals surface area contributed by atoms with Crippen molar-refractivity contribution in [2.45, 2.75) is 12.5 Å². The molecule has 0 saturated carbocycles. The lowest BCUT2D eigenvalue weighted by molar-refractivity contribution is -0.149. The summed E-state index contributed by atoms with van der Waals surface area (Å²) in [5.74, 6) is -3.84. The molecule has 0 aliphatic heterocycles. The van der Waals surface area contributed by atoms with Gasteiger partial charge in [-0.25, -0.2) is 4.79 Å². The third-order valence-electron chi connectivity index (χ3n) is 2.42. The van der Waals surface area contributed by atoms with E-state index in [0.29, 0.717) is 5.56 Å². The molecule has 1 aromatic rings. The summed E-state index contributed by atoms with van der Waals surface area (Å²) in [6.07, 6.45) is 0.0719. The first kappa shape index (κ1) is 14.7. The summed E-state index contributed by atoms with van der Waals surface area (Å²) in [5, 5.41) is 28.8. The Morgan fingerprint density at radius 2 is 1.68 bits per heavy atom. The molecule has 1 atom stereocenters. The molecule has 0 aliphatic rings. The van der Waals surface area contributed by atoms with E-state index in [1.807, 2.05) is 0 Å². The maximum absolute atomic E-state index is 11.0. The number of Topliss-reactive ketones (excluding diaryl/α,β-unsaturated/α-hetero) is 1. The van der Waals surface area contributed by atoms with Gasteiger partial charge in [0.05, 0.1) is 6.54 Å². The summed E-state index contributed by atoms with van der Waals surface area (Å²) in [6.45, 7) is -0.551. The fourth-order valence-corrected chi connectivity index (χ4v) is 1.41. The number of aromatic hydroxyl groups is 1. The molecule has 0 bridgehead atoms. The summed E-state index contributed by atoms with van der Waals surface area (Å²) < 4.78 is 0. The van der Waals surface area contributed by atoms with Gasteiger partial charge in [0.1, 0.15) is 11.8 Å². The number of phenols is 1. The number of nitrogens with one attached hydrogen (secondary N) is 1. The van der Waals surface area contributed by atoms with E-state index in [0.717, 1.165) is 0 Å². The molecule has 0 heterocycles. The molecule has 7 heteroatoms. The molecule has 0 spiro atoms. The molecule has 0 radical (unpaired) electrons. The van der Waals surface area contributed by atoms with Crippen LogP contribution in [0.3, 0.4) is 0 Å². The van der Waals surface area contributed by atoms with Gasteiger partial charge in [-0.15, -0.1) is 0 Å². The van der Waals surface area contributed by atoms with Crippen molar-refractivity contribution in [3.63, 3.8) is 0 Å². The molecule has 102 valence electrons. The third kappa shape index (κ3) is 4.76. The van der Waals surface area contributed by atoms with Gasteiger partial charge < -0.3 is 15.3 Å². The highest BCUT2D eigenvalue weighted by Crippen LogP contribution is 2.11. The Bertz CT molecular complexity index is 481. The average molecular weight is 267 g/mol. The normalized spacial score (nSPS) is 11.8. The zero-order valence-corrected chi connectivity index (χ0v) is 9.87. The van der Waals surface area contributed by atoms with E-state index in [-0.39, 0.29) is 12.2 Å². The molecule has 0 unspecified atom stereocenters. The zero-order chi connectivity index (χ0) is 14.4. The smallest absolute Gasteiger partial charge is 0.373 e. The van der Waals surface area contributed by atoms with Gasteiger partial charge in [-0.1, -0.05) is 12.1 Å². The molecule has 4 N–H and O–H groups in total. The molecule has 0 saturated heterocycles. The zero-order valence-electron chi connectivity index (χ0n) is 9.87.